The standard InChI is InChI=1S/C12H16ClNO4S/c1-18-12(15)11(7-8-13)14-19(16,17)9-10-5-3-2-4-6-10/h2-6,11,14H,7-9H2,1H3/t11-/m0/s1. The third-order valence-electron chi connectivity index (χ3n) is 2.40. The Bertz CT molecular complexity index is 504. The number of benzene rings is 1. The lowest BCUT2D eigenvalue weighted by Gasteiger charge is -2.15. The Morgan fingerprint density at radius 1 is 1.37 bits per heavy atom. The van der Waals surface area contributed by atoms with E-state index < -0.39 is 22.0 Å². The van der Waals surface area contributed by atoms with E-state index in [2.05, 4.69) is 9.46 Å². The lowest BCUT2D eigenvalue weighted by molar-refractivity contribution is -0.142. The lowest BCUT2D eigenvalue weighted by Crippen LogP contribution is -2.42. The molecule has 1 atom stereocenters. The zero-order valence-corrected chi connectivity index (χ0v) is 12.1. The maximum Gasteiger partial charge on any atom is 0.323 e. The van der Waals surface area contributed by atoms with E-state index in [1.165, 1.54) is 7.11 Å². The van der Waals surface area contributed by atoms with Gasteiger partial charge in [0, 0.05) is 5.88 Å². The third-order valence-corrected chi connectivity index (χ3v) is 3.98. The monoisotopic (exact) mass is 305 g/mol. The quantitative estimate of drug-likeness (QED) is 0.608. The van der Waals surface area contributed by atoms with Crippen LogP contribution in [0.3, 0.4) is 0 Å². The summed E-state index contributed by atoms with van der Waals surface area (Å²) in [5, 5.41) is 0. The summed E-state index contributed by atoms with van der Waals surface area (Å²) in [4.78, 5) is 11.4. The van der Waals surface area contributed by atoms with Gasteiger partial charge in [-0.2, -0.15) is 0 Å². The Hall–Kier alpha value is -1.11. The van der Waals surface area contributed by atoms with Crippen molar-refractivity contribution < 1.29 is 17.9 Å². The Balaban J connectivity index is 2.74. The number of alkyl halides is 1. The van der Waals surface area contributed by atoms with Gasteiger partial charge in [-0.3, -0.25) is 4.79 Å². The van der Waals surface area contributed by atoms with Crippen molar-refractivity contribution in [3.05, 3.63) is 35.9 Å². The van der Waals surface area contributed by atoms with Crippen LogP contribution in [-0.2, 0) is 25.3 Å². The predicted octanol–water partition coefficient (Wildman–Crippen LogP) is 1.28. The minimum Gasteiger partial charge on any atom is -0.468 e. The van der Waals surface area contributed by atoms with Crippen molar-refractivity contribution >= 4 is 27.6 Å². The molecule has 0 spiro atoms. The van der Waals surface area contributed by atoms with Crippen LogP contribution in [-0.4, -0.2) is 33.4 Å². The normalized spacial score (nSPS) is 12.9. The fourth-order valence-electron chi connectivity index (χ4n) is 1.53. The molecule has 0 saturated heterocycles. The second-order valence-electron chi connectivity index (χ2n) is 3.92. The van der Waals surface area contributed by atoms with E-state index in [4.69, 9.17) is 11.6 Å². The molecule has 0 heterocycles. The van der Waals surface area contributed by atoms with Gasteiger partial charge in [-0.1, -0.05) is 30.3 Å². The number of hydrogen-bond acceptors (Lipinski definition) is 4. The zero-order valence-electron chi connectivity index (χ0n) is 10.5. The summed E-state index contributed by atoms with van der Waals surface area (Å²) in [5.74, 6) is -0.672. The maximum atomic E-state index is 11.9. The van der Waals surface area contributed by atoms with Crippen LogP contribution >= 0.6 is 11.6 Å². The van der Waals surface area contributed by atoms with Gasteiger partial charge < -0.3 is 4.74 Å². The molecule has 0 bridgehead atoms. The van der Waals surface area contributed by atoms with Crippen molar-refractivity contribution in [1.29, 1.82) is 0 Å². The van der Waals surface area contributed by atoms with Gasteiger partial charge in [-0.15, -0.1) is 11.6 Å². The van der Waals surface area contributed by atoms with Crippen LogP contribution in [0.25, 0.3) is 0 Å². The first kappa shape index (κ1) is 15.9. The fourth-order valence-corrected chi connectivity index (χ4v) is 3.11. The highest BCUT2D eigenvalue weighted by Gasteiger charge is 2.24. The molecule has 0 fully saturated rings. The molecular formula is C12H16ClNO4S. The molecule has 1 aromatic rings. The van der Waals surface area contributed by atoms with Crippen LogP contribution in [0.4, 0.5) is 0 Å². The molecule has 0 radical (unpaired) electrons. The van der Waals surface area contributed by atoms with E-state index in [-0.39, 0.29) is 18.1 Å². The highest BCUT2D eigenvalue weighted by molar-refractivity contribution is 7.88. The molecule has 0 amide bonds. The molecule has 7 heteroatoms. The first-order valence-electron chi connectivity index (χ1n) is 5.66. The Labute approximate surface area is 118 Å². The molecular weight excluding hydrogens is 290 g/mol. The number of esters is 1. The van der Waals surface area contributed by atoms with Crippen LogP contribution in [0.15, 0.2) is 30.3 Å². The first-order valence-corrected chi connectivity index (χ1v) is 7.85. The van der Waals surface area contributed by atoms with Gasteiger partial charge in [0.2, 0.25) is 10.0 Å². The second kappa shape index (κ2) is 7.47. The number of halogens is 1. The van der Waals surface area contributed by atoms with Crippen molar-refractivity contribution in [3.63, 3.8) is 0 Å². The topological polar surface area (TPSA) is 72.5 Å². The Morgan fingerprint density at radius 2 is 2.00 bits per heavy atom. The molecule has 0 aliphatic heterocycles. The molecule has 1 N–H and O–H groups in total. The van der Waals surface area contributed by atoms with E-state index >= 15 is 0 Å². The lowest BCUT2D eigenvalue weighted by atomic mass is 10.2. The predicted molar refractivity (Wildman–Crippen MR) is 73.3 cm³/mol. The molecule has 106 valence electrons. The molecule has 0 unspecified atom stereocenters. The summed E-state index contributed by atoms with van der Waals surface area (Å²) >= 11 is 5.54. The van der Waals surface area contributed by atoms with E-state index in [1.54, 1.807) is 30.3 Å². The number of hydrogen-bond donors (Lipinski definition) is 1. The summed E-state index contributed by atoms with van der Waals surface area (Å²) in [5.41, 5.74) is 0.643. The number of rotatable bonds is 7. The number of methoxy groups -OCH3 is 1. The average Bonchev–Trinajstić information content (AvgIpc) is 2.37. The molecule has 1 aromatic carbocycles. The van der Waals surface area contributed by atoms with Gasteiger partial charge in [0.15, 0.2) is 0 Å². The molecule has 0 aliphatic rings. The van der Waals surface area contributed by atoms with Gasteiger partial charge >= 0.3 is 5.97 Å². The Morgan fingerprint density at radius 3 is 2.53 bits per heavy atom. The number of nitrogens with one attached hydrogen (secondary N) is 1. The van der Waals surface area contributed by atoms with Gasteiger partial charge in [-0.05, 0) is 12.0 Å². The third kappa shape index (κ3) is 5.59. The van der Waals surface area contributed by atoms with Crippen molar-refractivity contribution in [1.82, 2.24) is 4.72 Å². The van der Waals surface area contributed by atoms with Crippen LogP contribution in [0.1, 0.15) is 12.0 Å². The van der Waals surface area contributed by atoms with Crippen LogP contribution in [0, 0.1) is 0 Å². The van der Waals surface area contributed by atoms with E-state index in [0.717, 1.165) is 0 Å². The highest BCUT2D eigenvalue weighted by atomic mass is 35.5. The minimum absolute atomic E-state index is 0.160. The van der Waals surface area contributed by atoms with E-state index in [1.807, 2.05) is 0 Å². The van der Waals surface area contributed by atoms with Crippen molar-refractivity contribution in [2.75, 3.05) is 13.0 Å². The molecule has 5 nitrogen and oxygen atoms in total. The molecule has 19 heavy (non-hydrogen) atoms. The molecule has 0 aliphatic carbocycles. The summed E-state index contributed by atoms with van der Waals surface area (Å²) in [6.07, 6.45) is 0.183. The van der Waals surface area contributed by atoms with Crippen LogP contribution in [0.2, 0.25) is 0 Å². The summed E-state index contributed by atoms with van der Waals surface area (Å²) in [7, 11) is -2.42. The number of ether oxygens (including phenoxy) is 1. The van der Waals surface area contributed by atoms with E-state index in [9.17, 15) is 13.2 Å². The van der Waals surface area contributed by atoms with Crippen molar-refractivity contribution in [2.24, 2.45) is 0 Å². The highest BCUT2D eigenvalue weighted by Crippen LogP contribution is 2.07. The maximum absolute atomic E-state index is 11.9. The van der Waals surface area contributed by atoms with Gasteiger partial charge in [0.05, 0.1) is 12.9 Å². The van der Waals surface area contributed by atoms with E-state index in [0.29, 0.717) is 5.56 Å². The SMILES string of the molecule is COC(=O)[C@H](CCCl)NS(=O)(=O)Cc1ccccc1. The minimum atomic E-state index is -3.62. The van der Waals surface area contributed by atoms with Crippen molar-refractivity contribution in [3.8, 4) is 0 Å². The number of sulfonamides is 1. The van der Waals surface area contributed by atoms with Gasteiger partial charge in [-0.25, -0.2) is 13.1 Å². The summed E-state index contributed by atoms with van der Waals surface area (Å²) < 4.78 is 30.7. The van der Waals surface area contributed by atoms with Crippen molar-refractivity contribution in [2.45, 2.75) is 18.2 Å². The molecule has 0 aromatic heterocycles. The smallest absolute Gasteiger partial charge is 0.323 e. The molecule has 1 rings (SSSR count). The Kier molecular flexibility index (Phi) is 6.27. The second-order valence-corrected chi connectivity index (χ2v) is 6.05. The van der Waals surface area contributed by atoms with Gasteiger partial charge in [0.25, 0.3) is 0 Å². The number of carbonyl (C=O) groups excluding carboxylic acids is 1. The zero-order chi connectivity index (χ0) is 14.3. The van der Waals surface area contributed by atoms with Gasteiger partial charge in [0.1, 0.15) is 6.04 Å². The summed E-state index contributed by atoms with van der Waals surface area (Å²) in [6.45, 7) is 0. The fraction of sp³-hybridized carbons (Fsp3) is 0.417. The largest absolute Gasteiger partial charge is 0.468 e. The average molecular weight is 306 g/mol. The molecule has 0 saturated carbocycles. The summed E-state index contributed by atoms with van der Waals surface area (Å²) in [6, 6.07) is 7.76. The number of carbonyl (C=O) groups is 1. The first-order chi connectivity index (χ1) is 8.98. The van der Waals surface area contributed by atoms with Crippen LogP contribution in [0.5, 0.6) is 0 Å². The van der Waals surface area contributed by atoms with Crippen LogP contribution < -0.4 is 4.72 Å².